The molecular formula is C15H24. The first-order chi connectivity index (χ1) is 7.03. The van der Waals surface area contributed by atoms with Crippen LogP contribution in [0, 0.1) is 35.0 Å². The summed E-state index contributed by atoms with van der Waals surface area (Å²) in [6.07, 6.45) is 6.86. The minimum Gasteiger partial charge on any atom is -0.0845 e. The molecule has 5 atom stereocenters. The highest BCUT2D eigenvalue weighted by molar-refractivity contribution is 5.27. The van der Waals surface area contributed by atoms with Gasteiger partial charge in [0, 0.05) is 0 Å². The topological polar surface area (TPSA) is 0 Å². The molecule has 3 rings (SSSR count). The molecule has 5 unspecified atom stereocenters. The van der Waals surface area contributed by atoms with Crippen molar-refractivity contribution < 1.29 is 0 Å². The first kappa shape index (κ1) is 9.93. The van der Waals surface area contributed by atoms with E-state index in [2.05, 4.69) is 33.8 Å². The molecule has 0 heterocycles. The van der Waals surface area contributed by atoms with E-state index in [9.17, 15) is 0 Å². The van der Waals surface area contributed by atoms with Crippen molar-refractivity contribution in [2.24, 2.45) is 35.0 Å². The van der Waals surface area contributed by atoms with Gasteiger partial charge in [0.15, 0.2) is 0 Å². The molecule has 0 aromatic heterocycles. The zero-order valence-electron chi connectivity index (χ0n) is 10.6. The standard InChI is InChI=1S/C15H24/c1-9-6-8-12-14(15(12,3)4)13-10(2)5-7-11(9)13/h7,9-10,12-14H,5-6,8H2,1-4H3. The van der Waals surface area contributed by atoms with E-state index in [1.165, 1.54) is 19.3 Å². The van der Waals surface area contributed by atoms with Crippen molar-refractivity contribution in [3.8, 4) is 0 Å². The smallest absolute Gasteiger partial charge is 0.0135 e. The maximum Gasteiger partial charge on any atom is -0.0135 e. The second kappa shape index (κ2) is 2.90. The normalized spacial score (nSPS) is 51.5. The SMILES string of the molecule is CC1CCC2C(C3C1=CCC3C)C2(C)C. The zero-order valence-corrected chi connectivity index (χ0v) is 10.6. The number of rotatable bonds is 0. The van der Waals surface area contributed by atoms with E-state index in [1.807, 2.05) is 5.57 Å². The fourth-order valence-electron chi connectivity index (χ4n) is 4.67. The van der Waals surface area contributed by atoms with Crippen LogP contribution in [0.1, 0.15) is 47.0 Å². The van der Waals surface area contributed by atoms with Gasteiger partial charge < -0.3 is 0 Å². The highest BCUT2D eigenvalue weighted by atomic mass is 14.7. The van der Waals surface area contributed by atoms with E-state index in [4.69, 9.17) is 0 Å². The molecule has 3 aliphatic rings. The predicted octanol–water partition coefficient (Wildman–Crippen LogP) is 4.27. The molecule has 0 radical (unpaired) electrons. The van der Waals surface area contributed by atoms with Gasteiger partial charge >= 0.3 is 0 Å². The molecule has 84 valence electrons. The van der Waals surface area contributed by atoms with Crippen molar-refractivity contribution in [2.45, 2.75) is 47.0 Å². The molecule has 0 spiro atoms. The first-order valence-corrected chi connectivity index (χ1v) is 6.73. The zero-order chi connectivity index (χ0) is 10.8. The third kappa shape index (κ3) is 1.20. The van der Waals surface area contributed by atoms with Crippen molar-refractivity contribution in [1.29, 1.82) is 0 Å². The minimum atomic E-state index is 0.655. The van der Waals surface area contributed by atoms with E-state index < -0.39 is 0 Å². The predicted molar refractivity (Wildman–Crippen MR) is 64.5 cm³/mol. The van der Waals surface area contributed by atoms with Gasteiger partial charge in [-0.25, -0.2) is 0 Å². The summed E-state index contributed by atoms with van der Waals surface area (Å²) in [5.74, 6) is 4.81. The lowest BCUT2D eigenvalue weighted by Gasteiger charge is -2.24. The Kier molecular flexibility index (Phi) is 1.92. The van der Waals surface area contributed by atoms with Crippen molar-refractivity contribution in [2.75, 3.05) is 0 Å². The molecule has 0 amide bonds. The van der Waals surface area contributed by atoms with Crippen LogP contribution in [0.15, 0.2) is 11.6 Å². The third-order valence-electron chi connectivity index (χ3n) is 5.73. The Labute approximate surface area is 94.1 Å². The van der Waals surface area contributed by atoms with Gasteiger partial charge in [0.2, 0.25) is 0 Å². The maximum atomic E-state index is 2.58. The highest BCUT2D eigenvalue weighted by Crippen LogP contribution is 2.69. The summed E-state index contributed by atoms with van der Waals surface area (Å²) in [5, 5.41) is 0. The van der Waals surface area contributed by atoms with Crippen molar-refractivity contribution in [3.05, 3.63) is 11.6 Å². The van der Waals surface area contributed by atoms with Crippen LogP contribution in [0.25, 0.3) is 0 Å². The van der Waals surface area contributed by atoms with Crippen LogP contribution >= 0.6 is 0 Å². The Hall–Kier alpha value is -0.260. The molecule has 0 N–H and O–H groups in total. The molecule has 0 nitrogen and oxygen atoms in total. The van der Waals surface area contributed by atoms with Crippen molar-refractivity contribution >= 4 is 0 Å². The number of allylic oxidation sites excluding steroid dienone is 2. The maximum absolute atomic E-state index is 2.58. The lowest BCUT2D eigenvalue weighted by Crippen LogP contribution is -2.17. The molecule has 3 aliphatic carbocycles. The van der Waals surface area contributed by atoms with Crippen LogP contribution in [0.4, 0.5) is 0 Å². The van der Waals surface area contributed by atoms with Gasteiger partial charge in [0.25, 0.3) is 0 Å². The van der Waals surface area contributed by atoms with Crippen LogP contribution in [0.3, 0.4) is 0 Å². The quantitative estimate of drug-likeness (QED) is 0.517. The molecule has 15 heavy (non-hydrogen) atoms. The molecule has 2 fully saturated rings. The first-order valence-electron chi connectivity index (χ1n) is 6.73. The van der Waals surface area contributed by atoms with Gasteiger partial charge in [-0.2, -0.15) is 0 Å². The van der Waals surface area contributed by atoms with Gasteiger partial charge in [-0.1, -0.05) is 39.3 Å². The molecule has 0 saturated heterocycles. The molecule has 0 aromatic carbocycles. The minimum absolute atomic E-state index is 0.655. The summed E-state index contributed by atoms with van der Waals surface area (Å²) in [6, 6.07) is 0. The summed E-state index contributed by atoms with van der Waals surface area (Å²) in [6.45, 7) is 9.92. The molecule has 0 aliphatic heterocycles. The van der Waals surface area contributed by atoms with Crippen LogP contribution in [0.2, 0.25) is 0 Å². The Bertz CT molecular complexity index is 310. The van der Waals surface area contributed by atoms with Crippen molar-refractivity contribution in [1.82, 2.24) is 0 Å². The Morgan fingerprint density at radius 2 is 1.93 bits per heavy atom. The highest BCUT2D eigenvalue weighted by Gasteiger charge is 2.63. The van der Waals surface area contributed by atoms with Crippen molar-refractivity contribution in [3.63, 3.8) is 0 Å². The van der Waals surface area contributed by atoms with Gasteiger partial charge in [-0.3, -0.25) is 0 Å². The second-order valence-corrected chi connectivity index (χ2v) is 6.87. The van der Waals surface area contributed by atoms with E-state index in [1.54, 1.807) is 0 Å². The summed E-state index contributed by atoms with van der Waals surface area (Å²) < 4.78 is 0. The largest absolute Gasteiger partial charge is 0.0845 e. The molecule has 0 bridgehead atoms. The van der Waals surface area contributed by atoms with E-state index in [0.717, 1.165) is 29.6 Å². The van der Waals surface area contributed by atoms with Gasteiger partial charge in [-0.05, 0) is 54.3 Å². The average Bonchev–Trinajstić information content (AvgIpc) is 2.55. The van der Waals surface area contributed by atoms with E-state index >= 15 is 0 Å². The van der Waals surface area contributed by atoms with Gasteiger partial charge in [-0.15, -0.1) is 0 Å². The summed E-state index contributed by atoms with van der Waals surface area (Å²) in [5.41, 5.74) is 2.49. The average molecular weight is 204 g/mol. The lowest BCUT2D eigenvalue weighted by atomic mass is 9.80. The Morgan fingerprint density at radius 3 is 2.67 bits per heavy atom. The Morgan fingerprint density at radius 1 is 1.20 bits per heavy atom. The monoisotopic (exact) mass is 204 g/mol. The number of fused-ring (bicyclic) bond motifs is 3. The molecule has 2 saturated carbocycles. The molecular weight excluding hydrogens is 180 g/mol. The third-order valence-corrected chi connectivity index (χ3v) is 5.73. The fraction of sp³-hybridized carbons (Fsp3) is 0.867. The summed E-state index contributed by atoms with van der Waals surface area (Å²) in [7, 11) is 0. The molecule has 0 heteroatoms. The van der Waals surface area contributed by atoms with Crippen LogP contribution in [-0.2, 0) is 0 Å². The number of hydrogen-bond donors (Lipinski definition) is 0. The lowest BCUT2D eigenvalue weighted by molar-refractivity contribution is 0.335. The van der Waals surface area contributed by atoms with Gasteiger partial charge in [0.05, 0.1) is 0 Å². The molecule has 0 aromatic rings. The van der Waals surface area contributed by atoms with E-state index in [-0.39, 0.29) is 0 Å². The fourth-order valence-corrected chi connectivity index (χ4v) is 4.67. The van der Waals surface area contributed by atoms with Crippen LogP contribution in [0.5, 0.6) is 0 Å². The van der Waals surface area contributed by atoms with E-state index in [0.29, 0.717) is 5.41 Å². The summed E-state index contributed by atoms with van der Waals surface area (Å²) >= 11 is 0. The summed E-state index contributed by atoms with van der Waals surface area (Å²) in [4.78, 5) is 0. The van der Waals surface area contributed by atoms with Gasteiger partial charge in [0.1, 0.15) is 0 Å². The van der Waals surface area contributed by atoms with Crippen LogP contribution < -0.4 is 0 Å². The Balaban J connectivity index is 1.95. The second-order valence-electron chi connectivity index (χ2n) is 6.87. The number of hydrogen-bond acceptors (Lipinski definition) is 0. The van der Waals surface area contributed by atoms with Crippen LogP contribution in [-0.4, -0.2) is 0 Å².